The average molecular weight is 234 g/mol. The third-order valence-electron chi connectivity index (χ3n) is 2.73. The Morgan fingerprint density at radius 2 is 1.82 bits per heavy atom. The molecule has 0 radical (unpaired) electrons. The third kappa shape index (κ3) is 4.16. The highest BCUT2D eigenvalue weighted by molar-refractivity contribution is 5.31. The summed E-state index contributed by atoms with van der Waals surface area (Å²) in [5.41, 5.74) is 1.22. The normalized spacial score (nSPS) is 11.2. The highest BCUT2D eigenvalue weighted by Crippen LogP contribution is 2.12. The number of benzene rings is 1. The summed E-state index contributed by atoms with van der Waals surface area (Å²) in [6.07, 6.45) is 0. The van der Waals surface area contributed by atoms with Gasteiger partial charge >= 0.3 is 0 Å². The van der Waals surface area contributed by atoms with E-state index in [4.69, 9.17) is 15.5 Å². The summed E-state index contributed by atoms with van der Waals surface area (Å²) < 4.78 is 0. The van der Waals surface area contributed by atoms with Gasteiger partial charge < -0.3 is 15.5 Å². The van der Waals surface area contributed by atoms with Crippen molar-refractivity contribution in [2.45, 2.75) is 13.5 Å². The predicted molar refractivity (Wildman–Crippen MR) is 65.1 cm³/mol. The highest BCUT2D eigenvalue weighted by atomic mass is 16.3. The van der Waals surface area contributed by atoms with Gasteiger partial charge in [0.15, 0.2) is 0 Å². The van der Waals surface area contributed by atoms with Crippen LogP contribution in [-0.2, 0) is 6.54 Å². The van der Waals surface area contributed by atoms with E-state index in [0.29, 0.717) is 18.7 Å². The van der Waals surface area contributed by atoms with Gasteiger partial charge in [-0.3, -0.25) is 0 Å². The molecule has 17 heavy (non-hydrogen) atoms. The Hall–Kier alpha value is -1.41. The van der Waals surface area contributed by atoms with Crippen molar-refractivity contribution < 1.29 is 10.2 Å². The first-order valence-electron chi connectivity index (χ1n) is 5.55. The van der Waals surface area contributed by atoms with Crippen LogP contribution in [0.25, 0.3) is 0 Å². The molecule has 0 aromatic heterocycles. The molecule has 1 aromatic rings. The molecule has 0 bridgehead atoms. The van der Waals surface area contributed by atoms with E-state index >= 15 is 0 Å². The maximum Gasteiger partial charge on any atom is 0.0991 e. The fourth-order valence-corrected chi connectivity index (χ4v) is 1.37. The predicted octanol–water partition coefficient (Wildman–Crippen LogP) is 0.639. The molecule has 0 saturated heterocycles. The van der Waals surface area contributed by atoms with Crippen molar-refractivity contribution in [3.63, 3.8) is 0 Å². The van der Waals surface area contributed by atoms with Crippen molar-refractivity contribution in [2.24, 2.45) is 5.41 Å². The third-order valence-corrected chi connectivity index (χ3v) is 2.73. The number of nitrogens with one attached hydrogen (secondary N) is 1. The number of nitriles is 1. The molecule has 4 nitrogen and oxygen atoms in total. The molecule has 0 fully saturated rings. The van der Waals surface area contributed by atoms with Crippen molar-refractivity contribution in [3.8, 4) is 6.07 Å². The van der Waals surface area contributed by atoms with Gasteiger partial charge in [0.05, 0.1) is 24.8 Å². The van der Waals surface area contributed by atoms with Gasteiger partial charge in [0.1, 0.15) is 0 Å². The van der Waals surface area contributed by atoms with E-state index < -0.39 is 5.41 Å². The summed E-state index contributed by atoms with van der Waals surface area (Å²) in [5.74, 6) is 0. The minimum absolute atomic E-state index is 0.0517. The Balaban J connectivity index is 2.43. The topological polar surface area (TPSA) is 76.3 Å². The lowest BCUT2D eigenvalue weighted by atomic mass is 9.93. The van der Waals surface area contributed by atoms with Crippen LogP contribution in [0.3, 0.4) is 0 Å². The van der Waals surface area contributed by atoms with Crippen molar-refractivity contribution >= 4 is 0 Å². The van der Waals surface area contributed by atoms with E-state index in [2.05, 4.69) is 11.4 Å². The first-order chi connectivity index (χ1) is 8.13. The number of aliphatic hydroxyl groups is 2. The molecular weight excluding hydrogens is 216 g/mol. The maximum absolute atomic E-state index is 9.11. The summed E-state index contributed by atoms with van der Waals surface area (Å²) in [6.45, 7) is 2.91. The zero-order valence-electron chi connectivity index (χ0n) is 9.98. The van der Waals surface area contributed by atoms with Crippen LogP contribution in [0, 0.1) is 16.7 Å². The van der Waals surface area contributed by atoms with Crippen molar-refractivity contribution in [2.75, 3.05) is 19.8 Å². The number of hydrogen-bond acceptors (Lipinski definition) is 4. The molecule has 0 spiro atoms. The van der Waals surface area contributed by atoms with Gasteiger partial charge in [-0.1, -0.05) is 19.1 Å². The van der Waals surface area contributed by atoms with Crippen LogP contribution < -0.4 is 5.32 Å². The van der Waals surface area contributed by atoms with E-state index in [1.54, 1.807) is 12.1 Å². The Morgan fingerprint density at radius 3 is 2.29 bits per heavy atom. The van der Waals surface area contributed by atoms with Crippen molar-refractivity contribution in [3.05, 3.63) is 35.4 Å². The molecule has 1 rings (SSSR count). The van der Waals surface area contributed by atoms with E-state index in [-0.39, 0.29) is 13.2 Å². The van der Waals surface area contributed by atoms with Gasteiger partial charge in [-0.25, -0.2) is 0 Å². The van der Waals surface area contributed by atoms with Crippen LogP contribution in [0.5, 0.6) is 0 Å². The minimum Gasteiger partial charge on any atom is -0.396 e. The van der Waals surface area contributed by atoms with Crippen molar-refractivity contribution in [1.29, 1.82) is 5.26 Å². The molecule has 1 aromatic carbocycles. The number of nitrogens with zero attached hydrogens (tertiary/aromatic N) is 1. The molecule has 0 aliphatic heterocycles. The molecule has 0 amide bonds. The summed E-state index contributed by atoms with van der Waals surface area (Å²) in [4.78, 5) is 0. The first kappa shape index (κ1) is 13.7. The molecule has 0 aliphatic carbocycles. The van der Waals surface area contributed by atoms with Crippen LogP contribution in [0.1, 0.15) is 18.1 Å². The molecule has 4 heteroatoms. The monoisotopic (exact) mass is 234 g/mol. The van der Waals surface area contributed by atoms with Gasteiger partial charge in [0.2, 0.25) is 0 Å². The van der Waals surface area contributed by atoms with E-state index in [1.807, 2.05) is 19.1 Å². The lowest BCUT2D eigenvalue weighted by Crippen LogP contribution is -2.37. The number of rotatable bonds is 6. The molecule has 0 heterocycles. The number of hydrogen-bond donors (Lipinski definition) is 3. The smallest absolute Gasteiger partial charge is 0.0991 e. The first-order valence-corrected chi connectivity index (χ1v) is 5.55. The average Bonchev–Trinajstić information content (AvgIpc) is 2.39. The van der Waals surface area contributed by atoms with E-state index in [9.17, 15) is 0 Å². The summed E-state index contributed by atoms with van der Waals surface area (Å²) in [5, 5.41) is 30.1. The summed E-state index contributed by atoms with van der Waals surface area (Å²) in [7, 11) is 0. The van der Waals surface area contributed by atoms with Crippen molar-refractivity contribution in [1.82, 2.24) is 5.32 Å². The molecule has 0 saturated carbocycles. The van der Waals surface area contributed by atoms with Crippen LogP contribution in [-0.4, -0.2) is 30.0 Å². The van der Waals surface area contributed by atoms with Crippen LogP contribution in [0.4, 0.5) is 0 Å². The highest BCUT2D eigenvalue weighted by Gasteiger charge is 2.21. The fourth-order valence-electron chi connectivity index (χ4n) is 1.37. The quantitative estimate of drug-likeness (QED) is 0.675. The van der Waals surface area contributed by atoms with Crippen LogP contribution >= 0.6 is 0 Å². The molecule has 92 valence electrons. The van der Waals surface area contributed by atoms with E-state index in [0.717, 1.165) is 5.56 Å². The second-order valence-electron chi connectivity index (χ2n) is 4.54. The molecule has 0 atom stereocenters. The summed E-state index contributed by atoms with van der Waals surface area (Å²) in [6, 6.07) is 9.39. The van der Waals surface area contributed by atoms with Gasteiger partial charge in [-0.2, -0.15) is 5.26 Å². The van der Waals surface area contributed by atoms with Gasteiger partial charge in [0, 0.05) is 18.5 Å². The Kier molecular flexibility index (Phi) is 5.11. The van der Waals surface area contributed by atoms with E-state index in [1.165, 1.54) is 0 Å². The lowest BCUT2D eigenvalue weighted by Gasteiger charge is -2.24. The molecular formula is C13H18N2O2. The zero-order valence-corrected chi connectivity index (χ0v) is 9.98. The number of aliphatic hydroxyl groups excluding tert-OH is 2. The Morgan fingerprint density at radius 1 is 1.24 bits per heavy atom. The lowest BCUT2D eigenvalue weighted by molar-refractivity contribution is 0.0695. The van der Waals surface area contributed by atoms with Gasteiger partial charge in [-0.15, -0.1) is 0 Å². The second kappa shape index (κ2) is 6.36. The van der Waals surface area contributed by atoms with Gasteiger partial charge in [-0.05, 0) is 17.7 Å². The molecule has 0 aliphatic rings. The SMILES string of the molecule is CC(CO)(CO)CNCc1ccc(C#N)cc1. The zero-order chi connectivity index (χ0) is 12.7. The second-order valence-corrected chi connectivity index (χ2v) is 4.54. The van der Waals surface area contributed by atoms with Crippen LogP contribution in [0.2, 0.25) is 0 Å². The Bertz CT molecular complexity index is 377. The fraction of sp³-hybridized carbons (Fsp3) is 0.462. The largest absolute Gasteiger partial charge is 0.396 e. The van der Waals surface area contributed by atoms with Gasteiger partial charge in [0.25, 0.3) is 0 Å². The molecule has 3 N–H and O–H groups in total. The summed E-state index contributed by atoms with van der Waals surface area (Å²) >= 11 is 0. The standard InChI is InChI=1S/C13H18N2O2/c1-13(9-16,10-17)8-15-7-12-4-2-11(6-14)3-5-12/h2-5,15-17H,7-10H2,1H3. The Labute approximate surface area is 102 Å². The maximum atomic E-state index is 9.11. The molecule has 0 unspecified atom stereocenters. The minimum atomic E-state index is -0.493. The van der Waals surface area contributed by atoms with Crippen LogP contribution in [0.15, 0.2) is 24.3 Å².